The highest BCUT2D eigenvalue weighted by Crippen LogP contribution is 2.33. The zero-order chi connectivity index (χ0) is 23.4. The molecule has 0 bridgehead atoms. The zero-order valence-corrected chi connectivity index (χ0v) is 19.4. The molecule has 1 aliphatic heterocycles. The summed E-state index contributed by atoms with van der Waals surface area (Å²) in [5.74, 6) is 0.999. The summed E-state index contributed by atoms with van der Waals surface area (Å²) in [5, 5.41) is 2.96. The van der Waals surface area contributed by atoms with Crippen LogP contribution in [0.3, 0.4) is 0 Å². The highest BCUT2D eigenvalue weighted by atomic mass is 16.5. The van der Waals surface area contributed by atoms with Crippen LogP contribution in [-0.2, 0) is 22.4 Å². The molecular weight excluding hydrogens is 412 g/mol. The predicted octanol–water partition coefficient (Wildman–Crippen LogP) is 5.90. The minimum atomic E-state index is -0.380. The molecule has 33 heavy (non-hydrogen) atoms. The third-order valence-corrected chi connectivity index (χ3v) is 6.17. The number of hydrogen-bond donors (Lipinski definition) is 1. The average molecular weight is 443 g/mol. The van der Waals surface area contributed by atoms with E-state index >= 15 is 0 Å². The Morgan fingerprint density at radius 1 is 0.970 bits per heavy atom. The topological polar surface area (TPSA) is 58.6 Å². The molecule has 1 atom stereocenters. The maximum Gasteiger partial charge on any atom is 0.229 e. The Balaban J connectivity index is 1.43. The molecule has 170 valence electrons. The molecule has 1 fully saturated rings. The van der Waals surface area contributed by atoms with Crippen LogP contribution in [0.5, 0.6) is 11.5 Å². The van der Waals surface area contributed by atoms with Gasteiger partial charge in [0, 0.05) is 24.3 Å². The van der Waals surface area contributed by atoms with Crippen molar-refractivity contribution in [1.29, 1.82) is 0 Å². The Labute approximate surface area is 195 Å². The number of anilines is 2. The van der Waals surface area contributed by atoms with Crippen LogP contribution in [-0.4, -0.2) is 18.4 Å². The van der Waals surface area contributed by atoms with E-state index in [-0.39, 0.29) is 24.2 Å². The van der Waals surface area contributed by atoms with E-state index < -0.39 is 0 Å². The maximum absolute atomic E-state index is 12.9. The number of carbonyl (C=O) groups excluding carboxylic acids is 2. The Hall–Kier alpha value is -3.60. The van der Waals surface area contributed by atoms with Crippen molar-refractivity contribution in [3.63, 3.8) is 0 Å². The molecule has 3 aromatic carbocycles. The van der Waals surface area contributed by atoms with E-state index in [1.54, 1.807) is 4.90 Å². The summed E-state index contributed by atoms with van der Waals surface area (Å²) >= 11 is 0. The van der Waals surface area contributed by atoms with Crippen molar-refractivity contribution in [2.45, 2.75) is 40.0 Å². The van der Waals surface area contributed by atoms with E-state index in [0.717, 1.165) is 41.0 Å². The van der Waals surface area contributed by atoms with Crippen LogP contribution >= 0.6 is 0 Å². The lowest BCUT2D eigenvalue weighted by molar-refractivity contribution is -0.122. The first-order valence-electron chi connectivity index (χ1n) is 11.6. The second-order valence-electron chi connectivity index (χ2n) is 8.42. The molecule has 1 saturated heterocycles. The lowest BCUT2D eigenvalue weighted by Gasteiger charge is -2.23. The van der Waals surface area contributed by atoms with E-state index in [0.29, 0.717) is 18.0 Å². The van der Waals surface area contributed by atoms with Crippen LogP contribution in [0.4, 0.5) is 11.4 Å². The molecule has 1 aliphatic rings. The summed E-state index contributed by atoms with van der Waals surface area (Å²) < 4.78 is 5.93. The smallest absolute Gasteiger partial charge is 0.229 e. The summed E-state index contributed by atoms with van der Waals surface area (Å²) in [6, 6.07) is 21.3. The molecule has 0 radical (unpaired) electrons. The Kier molecular flexibility index (Phi) is 6.78. The van der Waals surface area contributed by atoms with Crippen molar-refractivity contribution in [2.75, 3.05) is 16.8 Å². The van der Waals surface area contributed by atoms with Crippen molar-refractivity contribution in [3.8, 4) is 11.5 Å². The van der Waals surface area contributed by atoms with Gasteiger partial charge in [0.05, 0.1) is 5.92 Å². The van der Waals surface area contributed by atoms with Crippen molar-refractivity contribution >= 4 is 23.2 Å². The monoisotopic (exact) mass is 442 g/mol. The lowest BCUT2D eigenvalue weighted by atomic mass is 10.0. The molecule has 0 unspecified atom stereocenters. The molecule has 1 N–H and O–H groups in total. The average Bonchev–Trinajstić information content (AvgIpc) is 3.22. The highest BCUT2D eigenvalue weighted by molar-refractivity contribution is 6.04. The first-order valence-corrected chi connectivity index (χ1v) is 11.6. The second-order valence-corrected chi connectivity index (χ2v) is 8.42. The summed E-state index contributed by atoms with van der Waals surface area (Å²) in [4.78, 5) is 27.6. The molecular formula is C28H30N2O3. The number of nitrogens with zero attached hydrogens (tertiary/aromatic N) is 1. The third-order valence-electron chi connectivity index (χ3n) is 6.17. The fourth-order valence-corrected chi connectivity index (χ4v) is 4.31. The van der Waals surface area contributed by atoms with E-state index in [4.69, 9.17) is 4.74 Å². The Morgan fingerprint density at radius 3 is 2.27 bits per heavy atom. The summed E-state index contributed by atoms with van der Waals surface area (Å²) in [5.41, 5.74) is 5.02. The first-order chi connectivity index (χ1) is 16.0. The van der Waals surface area contributed by atoms with Crippen molar-refractivity contribution < 1.29 is 14.3 Å². The van der Waals surface area contributed by atoms with Crippen LogP contribution < -0.4 is 15.0 Å². The van der Waals surface area contributed by atoms with E-state index in [1.165, 1.54) is 0 Å². The van der Waals surface area contributed by atoms with Gasteiger partial charge in [-0.2, -0.15) is 0 Å². The van der Waals surface area contributed by atoms with E-state index in [2.05, 4.69) is 31.3 Å². The van der Waals surface area contributed by atoms with Gasteiger partial charge in [0.15, 0.2) is 0 Å². The molecule has 1 heterocycles. The fraction of sp³-hybridized carbons (Fsp3) is 0.286. The molecule has 2 amide bonds. The largest absolute Gasteiger partial charge is 0.457 e. The van der Waals surface area contributed by atoms with Gasteiger partial charge < -0.3 is 15.0 Å². The van der Waals surface area contributed by atoms with Crippen LogP contribution in [0, 0.1) is 12.8 Å². The molecule has 5 heteroatoms. The first kappa shape index (κ1) is 22.6. The standard InChI is InChI=1S/C28H30N2O3/c1-4-20-10-8-11-21(5-2)27(20)30-18-22(17-26(30)31)28(32)29-23-13-15-24(16-14-23)33-25-12-7-6-9-19(25)3/h6-16,22H,4-5,17-18H2,1-3H3,(H,29,32)/t22-/m0/s1. The van der Waals surface area contributed by atoms with Gasteiger partial charge in [-0.15, -0.1) is 0 Å². The Bertz CT molecular complexity index is 1130. The lowest BCUT2D eigenvalue weighted by Crippen LogP contribution is -2.29. The van der Waals surface area contributed by atoms with Gasteiger partial charge >= 0.3 is 0 Å². The summed E-state index contributed by atoms with van der Waals surface area (Å²) in [6.45, 7) is 6.59. The number of ether oxygens (including phenoxy) is 1. The van der Waals surface area contributed by atoms with E-state index in [9.17, 15) is 9.59 Å². The molecule has 0 spiro atoms. The maximum atomic E-state index is 12.9. The van der Waals surface area contributed by atoms with Gasteiger partial charge in [-0.05, 0) is 66.8 Å². The quantitative estimate of drug-likeness (QED) is 0.495. The molecule has 5 nitrogen and oxygen atoms in total. The second kappa shape index (κ2) is 9.90. The minimum absolute atomic E-state index is 0.00716. The zero-order valence-electron chi connectivity index (χ0n) is 19.4. The van der Waals surface area contributed by atoms with Crippen LogP contribution in [0.2, 0.25) is 0 Å². The number of carbonyl (C=O) groups is 2. The molecule has 0 saturated carbocycles. The van der Waals surface area contributed by atoms with Gasteiger partial charge in [-0.3, -0.25) is 9.59 Å². The molecule has 3 aromatic rings. The number of nitrogens with one attached hydrogen (secondary N) is 1. The SMILES string of the molecule is CCc1cccc(CC)c1N1C[C@@H](C(=O)Nc2ccc(Oc3ccccc3C)cc2)CC1=O. The number of benzene rings is 3. The minimum Gasteiger partial charge on any atom is -0.457 e. The predicted molar refractivity (Wildman–Crippen MR) is 132 cm³/mol. The molecule has 0 aliphatic carbocycles. The number of para-hydroxylation sites is 2. The number of rotatable bonds is 7. The third kappa shape index (κ3) is 4.92. The summed E-state index contributed by atoms with van der Waals surface area (Å²) in [7, 11) is 0. The van der Waals surface area contributed by atoms with Crippen molar-refractivity contribution in [1.82, 2.24) is 0 Å². The highest BCUT2D eigenvalue weighted by Gasteiger charge is 2.36. The number of hydrogen-bond acceptors (Lipinski definition) is 3. The fourth-order valence-electron chi connectivity index (χ4n) is 4.31. The summed E-state index contributed by atoms with van der Waals surface area (Å²) in [6.07, 6.45) is 1.92. The number of aryl methyl sites for hydroxylation is 3. The van der Waals surface area contributed by atoms with Crippen LogP contribution in [0.15, 0.2) is 66.7 Å². The van der Waals surface area contributed by atoms with E-state index in [1.807, 2.05) is 61.5 Å². The van der Waals surface area contributed by atoms with Gasteiger partial charge in [0.1, 0.15) is 11.5 Å². The van der Waals surface area contributed by atoms with Crippen LogP contribution in [0.25, 0.3) is 0 Å². The van der Waals surface area contributed by atoms with Gasteiger partial charge in [0.25, 0.3) is 0 Å². The van der Waals surface area contributed by atoms with Crippen molar-refractivity contribution in [3.05, 3.63) is 83.4 Å². The molecule has 0 aromatic heterocycles. The van der Waals surface area contributed by atoms with Gasteiger partial charge in [-0.25, -0.2) is 0 Å². The van der Waals surface area contributed by atoms with Gasteiger partial charge in [0.2, 0.25) is 11.8 Å². The van der Waals surface area contributed by atoms with Gasteiger partial charge in [-0.1, -0.05) is 50.2 Å². The Morgan fingerprint density at radius 2 is 1.64 bits per heavy atom. The normalized spacial score (nSPS) is 15.5. The molecule has 4 rings (SSSR count). The number of amides is 2. The van der Waals surface area contributed by atoms with Crippen molar-refractivity contribution in [2.24, 2.45) is 5.92 Å². The van der Waals surface area contributed by atoms with Crippen LogP contribution in [0.1, 0.15) is 37.0 Å².